The quantitative estimate of drug-likeness (QED) is 0.200. The molecule has 4 nitrogen and oxygen atoms in total. The molecule has 0 aliphatic heterocycles. The van der Waals surface area contributed by atoms with E-state index in [9.17, 15) is 5.26 Å². The van der Waals surface area contributed by atoms with Gasteiger partial charge in [-0.25, -0.2) is 9.97 Å². The molecule has 0 atom stereocenters. The third-order valence-electron chi connectivity index (χ3n) is 8.79. The Morgan fingerprint density at radius 1 is 0.674 bits per heavy atom. The standard InChI is InChI=1S/C42H43N3O/c1-25-11-17-32(34-22-35(42(8,9)10)45-24-44-34)38-36(25)33-18-16-28(23-43)37(39(33)46-38)27-14-12-26(13-15-27)29-19-30(40(2,3)4)21-31(20-29)41(5,6)7/h11-22,24H,1-10H3/i1D3. The number of furan rings is 1. The molecule has 0 aliphatic rings. The van der Waals surface area contributed by atoms with Crippen molar-refractivity contribution in [3.05, 3.63) is 107 Å². The molecule has 6 aromatic rings. The van der Waals surface area contributed by atoms with E-state index in [0.717, 1.165) is 22.4 Å². The first kappa shape index (κ1) is 27.6. The van der Waals surface area contributed by atoms with Gasteiger partial charge in [-0.3, -0.25) is 0 Å². The first-order valence-electron chi connectivity index (χ1n) is 17.3. The van der Waals surface area contributed by atoms with Gasteiger partial charge < -0.3 is 4.42 Å². The SMILES string of the molecule is [2H]C([2H])([2H])c1ccc(-c2cc(C(C)(C)C)ncn2)c2oc3c(-c4ccc(-c5cc(C(C)(C)C)cc(C(C)(C)C)c5)cc4)c(C#N)ccc3c12. The number of fused-ring (bicyclic) bond motifs is 3. The summed E-state index contributed by atoms with van der Waals surface area (Å²) in [7, 11) is 0. The highest BCUT2D eigenvalue weighted by Crippen LogP contribution is 2.43. The molecule has 4 heteroatoms. The lowest BCUT2D eigenvalue weighted by atomic mass is 9.79. The van der Waals surface area contributed by atoms with Crippen molar-refractivity contribution in [2.24, 2.45) is 0 Å². The van der Waals surface area contributed by atoms with Crippen molar-refractivity contribution in [1.29, 1.82) is 5.26 Å². The number of aromatic nitrogens is 2. The number of nitrogens with zero attached hydrogens (tertiary/aromatic N) is 3. The first-order valence-corrected chi connectivity index (χ1v) is 15.8. The van der Waals surface area contributed by atoms with Gasteiger partial charge in [-0.05, 0) is 75.3 Å². The summed E-state index contributed by atoms with van der Waals surface area (Å²) < 4.78 is 31.8. The predicted octanol–water partition coefficient (Wildman–Crippen LogP) is 11.4. The minimum atomic E-state index is -2.39. The van der Waals surface area contributed by atoms with Crippen LogP contribution in [0.3, 0.4) is 0 Å². The van der Waals surface area contributed by atoms with Crippen LogP contribution < -0.4 is 0 Å². The second-order valence-corrected chi connectivity index (χ2v) is 15.4. The molecule has 0 bridgehead atoms. The van der Waals surface area contributed by atoms with E-state index >= 15 is 0 Å². The first-order chi connectivity index (χ1) is 22.8. The highest BCUT2D eigenvalue weighted by molar-refractivity contribution is 6.15. The molecule has 0 spiro atoms. The van der Waals surface area contributed by atoms with Crippen LogP contribution in [0, 0.1) is 18.2 Å². The van der Waals surface area contributed by atoms with E-state index in [2.05, 4.69) is 109 Å². The van der Waals surface area contributed by atoms with Crippen LogP contribution in [-0.2, 0) is 16.2 Å². The predicted molar refractivity (Wildman–Crippen MR) is 191 cm³/mol. The summed E-state index contributed by atoms with van der Waals surface area (Å²) in [5.41, 5.74) is 9.63. The highest BCUT2D eigenvalue weighted by atomic mass is 16.3. The van der Waals surface area contributed by atoms with Crippen LogP contribution in [0.2, 0.25) is 0 Å². The molecule has 0 saturated carbocycles. The number of hydrogen-bond acceptors (Lipinski definition) is 4. The van der Waals surface area contributed by atoms with E-state index in [-0.39, 0.29) is 21.8 Å². The van der Waals surface area contributed by atoms with Gasteiger partial charge in [-0.1, -0.05) is 111 Å². The molecule has 0 saturated heterocycles. The zero-order chi connectivity index (χ0) is 35.7. The van der Waals surface area contributed by atoms with Gasteiger partial charge in [0.1, 0.15) is 17.5 Å². The lowest BCUT2D eigenvalue weighted by Gasteiger charge is -2.26. The zero-order valence-electron chi connectivity index (χ0n) is 31.3. The largest absolute Gasteiger partial charge is 0.455 e. The van der Waals surface area contributed by atoms with E-state index in [1.165, 1.54) is 17.5 Å². The second kappa shape index (κ2) is 11.0. The number of aryl methyl sites for hydroxylation is 1. The number of benzene rings is 4. The van der Waals surface area contributed by atoms with Crippen molar-refractivity contribution in [2.75, 3.05) is 0 Å². The van der Waals surface area contributed by atoms with Crippen LogP contribution in [0.5, 0.6) is 0 Å². The summed E-state index contributed by atoms with van der Waals surface area (Å²) in [5.74, 6) is 0. The average Bonchev–Trinajstić information content (AvgIpc) is 3.41. The van der Waals surface area contributed by atoms with E-state index < -0.39 is 6.85 Å². The van der Waals surface area contributed by atoms with Gasteiger partial charge >= 0.3 is 0 Å². The molecule has 6 rings (SSSR count). The lowest BCUT2D eigenvalue weighted by Crippen LogP contribution is -2.16. The minimum Gasteiger partial charge on any atom is -0.455 e. The van der Waals surface area contributed by atoms with Crippen LogP contribution >= 0.6 is 0 Å². The van der Waals surface area contributed by atoms with Gasteiger partial charge in [0, 0.05) is 37.1 Å². The molecule has 4 aromatic carbocycles. The van der Waals surface area contributed by atoms with E-state index in [0.29, 0.717) is 44.3 Å². The molecule has 0 N–H and O–H groups in total. The summed E-state index contributed by atoms with van der Waals surface area (Å²) in [6.07, 6.45) is 1.53. The fourth-order valence-corrected chi connectivity index (χ4v) is 5.93. The molecule has 0 unspecified atom stereocenters. The Morgan fingerprint density at radius 3 is 1.91 bits per heavy atom. The molecule has 2 aromatic heterocycles. The van der Waals surface area contributed by atoms with Gasteiger partial charge in [0.05, 0.1) is 17.3 Å². The normalized spacial score (nSPS) is 13.8. The summed E-state index contributed by atoms with van der Waals surface area (Å²) in [6, 6.07) is 26.3. The Labute approximate surface area is 277 Å². The highest BCUT2D eigenvalue weighted by Gasteiger charge is 2.24. The van der Waals surface area contributed by atoms with Gasteiger partial charge in [0.2, 0.25) is 0 Å². The smallest absolute Gasteiger partial charge is 0.145 e. The summed E-state index contributed by atoms with van der Waals surface area (Å²) in [4.78, 5) is 9.05. The van der Waals surface area contributed by atoms with Gasteiger partial charge in [0.25, 0.3) is 0 Å². The lowest BCUT2D eigenvalue weighted by molar-refractivity contribution is 0.567. The maximum Gasteiger partial charge on any atom is 0.145 e. The van der Waals surface area contributed by atoms with Crippen molar-refractivity contribution in [3.63, 3.8) is 0 Å². The van der Waals surface area contributed by atoms with Crippen LogP contribution in [0.25, 0.3) is 55.4 Å². The molecule has 0 radical (unpaired) electrons. The molecule has 0 fully saturated rings. The number of rotatable bonds is 3. The number of nitriles is 1. The summed E-state index contributed by atoms with van der Waals surface area (Å²) in [6.45, 7) is 17.3. The Balaban J connectivity index is 1.58. The zero-order valence-corrected chi connectivity index (χ0v) is 28.3. The summed E-state index contributed by atoms with van der Waals surface area (Å²) >= 11 is 0. The van der Waals surface area contributed by atoms with Crippen molar-refractivity contribution in [1.82, 2.24) is 9.97 Å². The van der Waals surface area contributed by atoms with Crippen molar-refractivity contribution >= 4 is 21.9 Å². The van der Waals surface area contributed by atoms with Crippen LogP contribution in [0.1, 0.15) is 94.4 Å². The van der Waals surface area contributed by atoms with Crippen LogP contribution in [0.15, 0.2) is 83.5 Å². The van der Waals surface area contributed by atoms with Crippen molar-refractivity contribution in [2.45, 2.75) is 85.4 Å². The molecule has 46 heavy (non-hydrogen) atoms. The maximum absolute atomic E-state index is 10.3. The Bertz CT molecular complexity index is 2240. The fraction of sp³-hybridized carbons (Fsp3) is 0.310. The van der Waals surface area contributed by atoms with Gasteiger partial charge in [-0.2, -0.15) is 5.26 Å². The monoisotopic (exact) mass is 608 g/mol. The summed E-state index contributed by atoms with van der Waals surface area (Å²) in [5, 5.41) is 11.4. The van der Waals surface area contributed by atoms with E-state index in [1.54, 1.807) is 24.3 Å². The average molecular weight is 609 g/mol. The molecule has 0 amide bonds. The van der Waals surface area contributed by atoms with Crippen LogP contribution in [-0.4, -0.2) is 9.97 Å². The Morgan fingerprint density at radius 2 is 1.33 bits per heavy atom. The molecule has 0 aliphatic carbocycles. The van der Waals surface area contributed by atoms with Crippen molar-refractivity contribution in [3.8, 4) is 39.6 Å². The molecule has 232 valence electrons. The maximum atomic E-state index is 10.3. The molecular formula is C42H43N3O. The van der Waals surface area contributed by atoms with E-state index in [4.69, 9.17) is 8.53 Å². The van der Waals surface area contributed by atoms with Crippen LogP contribution in [0.4, 0.5) is 0 Å². The second-order valence-electron chi connectivity index (χ2n) is 15.4. The Kier molecular flexibility index (Phi) is 6.56. The number of hydrogen-bond donors (Lipinski definition) is 0. The third kappa shape index (κ3) is 5.60. The third-order valence-corrected chi connectivity index (χ3v) is 8.79. The van der Waals surface area contributed by atoms with Gasteiger partial charge in [-0.15, -0.1) is 0 Å². The fourth-order valence-electron chi connectivity index (χ4n) is 5.93. The van der Waals surface area contributed by atoms with Gasteiger partial charge in [0.15, 0.2) is 0 Å². The molecule has 2 heterocycles. The van der Waals surface area contributed by atoms with E-state index in [1.807, 2.05) is 18.2 Å². The minimum absolute atomic E-state index is 0.0128. The van der Waals surface area contributed by atoms with Crippen molar-refractivity contribution < 1.29 is 8.53 Å². The molecular weight excluding hydrogens is 562 g/mol. The topological polar surface area (TPSA) is 62.7 Å². The Hall–Kier alpha value is -4.75.